The number of rotatable bonds is 3. The number of halogens is 5. The van der Waals surface area contributed by atoms with Gasteiger partial charge in [0.2, 0.25) is 0 Å². The van der Waals surface area contributed by atoms with Crippen LogP contribution in [0, 0.1) is 11.6 Å². The van der Waals surface area contributed by atoms with E-state index in [1.807, 2.05) is 0 Å². The number of hydrogen-bond donors (Lipinski definition) is 1. The topological polar surface area (TPSA) is 12.0 Å². The Bertz CT molecular complexity index is 649. The first-order valence-electron chi connectivity index (χ1n) is 5.75. The summed E-state index contributed by atoms with van der Waals surface area (Å²) in [6.07, 6.45) is 0. The fraction of sp³-hybridized carbons (Fsp3) is 0.143. The molecule has 6 heteroatoms. The zero-order chi connectivity index (χ0) is 14.9. The Morgan fingerprint density at radius 1 is 1.10 bits per heavy atom. The van der Waals surface area contributed by atoms with E-state index in [-0.39, 0.29) is 10.7 Å². The molecular weight excluding hydrogens is 371 g/mol. The molecule has 0 heterocycles. The Morgan fingerprint density at radius 2 is 1.80 bits per heavy atom. The Labute approximate surface area is 134 Å². The van der Waals surface area contributed by atoms with Crippen LogP contribution in [0.1, 0.15) is 18.5 Å². The van der Waals surface area contributed by atoms with Gasteiger partial charge < -0.3 is 5.32 Å². The minimum Gasteiger partial charge on any atom is -0.376 e. The fourth-order valence-corrected chi connectivity index (χ4v) is 2.88. The largest absolute Gasteiger partial charge is 0.376 e. The van der Waals surface area contributed by atoms with Gasteiger partial charge in [-0.3, -0.25) is 0 Å². The van der Waals surface area contributed by atoms with Crippen molar-refractivity contribution >= 4 is 44.8 Å². The first kappa shape index (κ1) is 15.5. The van der Waals surface area contributed by atoms with Crippen LogP contribution < -0.4 is 5.32 Å². The average molecular weight is 381 g/mol. The second-order valence-corrected chi connectivity index (χ2v) is 5.95. The highest BCUT2D eigenvalue weighted by atomic mass is 79.9. The van der Waals surface area contributed by atoms with Gasteiger partial charge in [-0.25, -0.2) is 8.78 Å². The number of anilines is 1. The van der Waals surface area contributed by atoms with Gasteiger partial charge in [0.15, 0.2) is 0 Å². The second-order valence-electron chi connectivity index (χ2n) is 4.25. The molecule has 0 saturated heterocycles. The van der Waals surface area contributed by atoms with Crippen molar-refractivity contribution in [3.63, 3.8) is 0 Å². The lowest BCUT2D eigenvalue weighted by Gasteiger charge is -2.19. The summed E-state index contributed by atoms with van der Waals surface area (Å²) in [6.45, 7) is 1.73. The third kappa shape index (κ3) is 3.25. The molecule has 1 unspecified atom stereocenters. The third-order valence-electron chi connectivity index (χ3n) is 2.82. The third-order valence-corrected chi connectivity index (χ3v) is 4.02. The molecule has 106 valence electrons. The normalized spacial score (nSPS) is 12.3. The quantitative estimate of drug-likeness (QED) is 0.624. The molecule has 1 nitrogen and oxygen atoms in total. The minimum atomic E-state index is -0.559. The van der Waals surface area contributed by atoms with Crippen LogP contribution in [0.3, 0.4) is 0 Å². The van der Waals surface area contributed by atoms with Crippen molar-refractivity contribution in [1.29, 1.82) is 0 Å². The summed E-state index contributed by atoms with van der Waals surface area (Å²) in [5.41, 5.74) is 0.688. The maximum Gasteiger partial charge on any atom is 0.147 e. The zero-order valence-corrected chi connectivity index (χ0v) is 13.5. The van der Waals surface area contributed by atoms with E-state index in [9.17, 15) is 8.78 Å². The van der Waals surface area contributed by atoms with Gasteiger partial charge >= 0.3 is 0 Å². The van der Waals surface area contributed by atoms with Crippen LogP contribution >= 0.6 is 39.1 Å². The Balaban J connectivity index is 2.33. The molecule has 1 atom stereocenters. The van der Waals surface area contributed by atoms with E-state index in [0.29, 0.717) is 15.1 Å². The van der Waals surface area contributed by atoms with Gasteiger partial charge in [0.25, 0.3) is 0 Å². The van der Waals surface area contributed by atoms with E-state index in [4.69, 9.17) is 23.2 Å². The van der Waals surface area contributed by atoms with Crippen molar-refractivity contribution in [3.05, 3.63) is 62.0 Å². The van der Waals surface area contributed by atoms with E-state index in [0.717, 1.165) is 0 Å². The molecule has 2 aromatic rings. The van der Waals surface area contributed by atoms with Crippen LogP contribution in [0.4, 0.5) is 14.5 Å². The number of hydrogen-bond acceptors (Lipinski definition) is 1. The van der Waals surface area contributed by atoms with Crippen LogP contribution in [0.25, 0.3) is 0 Å². The molecule has 0 amide bonds. The molecular formula is C14H10BrCl2F2N. The molecule has 0 bridgehead atoms. The van der Waals surface area contributed by atoms with Gasteiger partial charge in [-0.2, -0.15) is 0 Å². The Kier molecular flexibility index (Phi) is 4.89. The summed E-state index contributed by atoms with van der Waals surface area (Å²) in [5, 5.41) is 3.20. The molecule has 2 aromatic carbocycles. The molecule has 0 aliphatic rings. The van der Waals surface area contributed by atoms with Crippen molar-refractivity contribution in [2.75, 3.05) is 5.32 Å². The number of benzene rings is 2. The van der Waals surface area contributed by atoms with E-state index >= 15 is 0 Å². The molecule has 0 radical (unpaired) electrons. The van der Waals surface area contributed by atoms with Crippen molar-refractivity contribution in [2.45, 2.75) is 13.0 Å². The van der Waals surface area contributed by atoms with Gasteiger partial charge in [0, 0.05) is 15.1 Å². The number of nitrogens with one attached hydrogen (secondary N) is 1. The maximum atomic E-state index is 13.8. The second kappa shape index (κ2) is 6.29. The van der Waals surface area contributed by atoms with Crippen LogP contribution in [0.2, 0.25) is 10.0 Å². The van der Waals surface area contributed by atoms with Crippen molar-refractivity contribution < 1.29 is 8.78 Å². The standard InChI is InChI=1S/C14H10BrCl2F2N/c1-7(13-9(16)3-4-10(18)14(13)17)20-12-5-2-8(15)6-11(12)19/h2-7,20H,1H3. The van der Waals surface area contributed by atoms with E-state index < -0.39 is 17.7 Å². The van der Waals surface area contributed by atoms with Gasteiger partial charge in [0.05, 0.1) is 16.8 Å². The van der Waals surface area contributed by atoms with Gasteiger partial charge in [0.1, 0.15) is 11.6 Å². The fourth-order valence-electron chi connectivity index (χ4n) is 1.85. The molecule has 0 fully saturated rings. The molecule has 0 saturated carbocycles. The summed E-state index contributed by atoms with van der Waals surface area (Å²) in [6, 6.07) is 6.80. The predicted octanol–water partition coefficient (Wildman–Crippen LogP) is 6.21. The van der Waals surface area contributed by atoms with Crippen molar-refractivity contribution in [1.82, 2.24) is 0 Å². The van der Waals surface area contributed by atoms with E-state index in [1.165, 1.54) is 18.2 Å². The lowest BCUT2D eigenvalue weighted by atomic mass is 10.1. The molecule has 2 rings (SSSR count). The van der Waals surface area contributed by atoms with Gasteiger partial charge in [-0.1, -0.05) is 39.1 Å². The van der Waals surface area contributed by atoms with Crippen LogP contribution in [-0.4, -0.2) is 0 Å². The highest BCUT2D eigenvalue weighted by Crippen LogP contribution is 2.34. The minimum absolute atomic E-state index is 0.0602. The van der Waals surface area contributed by atoms with Crippen LogP contribution in [0.15, 0.2) is 34.8 Å². The first-order chi connectivity index (χ1) is 9.40. The van der Waals surface area contributed by atoms with Crippen LogP contribution in [0.5, 0.6) is 0 Å². The van der Waals surface area contributed by atoms with E-state index in [2.05, 4.69) is 21.2 Å². The van der Waals surface area contributed by atoms with Crippen LogP contribution in [-0.2, 0) is 0 Å². The summed E-state index contributed by atoms with van der Waals surface area (Å²) in [4.78, 5) is 0. The highest BCUT2D eigenvalue weighted by molar-refractivity contribution is 9.10. The molecule has 0 aliphatic heterocycles. The molecule has 0 spiro atoms. The monoisotopic (exact) mass is 379 g/mol. The summed E-state index contributed by atoms with van der Waals surface area (Å²) in [5.74, 6) is -0.981. The summed E-state index contributed by atoms with van der Waals surface area (Å²) in [7, 11) is 0. The van der Waals surface area contributed by atoms with Crippen molar-refractivity contribution in [2.24, 2.45) is 0 Å². The molecule has 1 N–H and O–H groups in total. The molecule has 0 aliphatic carbocycles. The van der Waals surface area contributed by atoms with E-state index in [1.54, 1.807) is 19.1 Å². The molecule has 0 aromatic heterocycles. The summed E-state index contributed by atoms with van der Waals surface area (Å²) < 4.78 is 27.9. The van der Waals surface area contributed by atoms with Crippen molar-refractivity contribution in [3.8, 4) is 0 Å². The lowest BCUT2D eigenvalue weighted by molar-refractivity contribution is 0.621. The predicted molar refractivity (Wildman–Crippen MR) is 82.6 cm³/mol. The highest BCUT2D eigenvalue weighted by Gasteiger charge is 2.18. The Hall–Kier alpha value is -0.840. The zero-order valence-electron chi connectivity index (χ0n) is 10.4. The van der Waals surface area contributed by atoms with Gasteiger partial charge in [-0.05, 0) is 37.3 Å². The lowest BCUT2D eigenvalue weighted by Crippen LogP contribution is -2.10. The summed E-state index contributed by atoms with van der Waals surface area (Å²) >= 11 is 15.1. The maximum absolute atomic E-state index is 13.8. The smallest absolute Gasteiger partial charge is 0.147 e. The Morgan fingerprint density at radius 3 is 2.45 bits per heavy atom. The molecule has 20 heavy (non-hydrogen) atoms. The first-order valence-corrected chi connectivity index (χ1v) is 7.30. The van der Waals surface area contributed by atoms with Gasteiger partial charge in [-0.15, -0.1) is 0 Å². The SMILES string of the molecule is CC(Nc1ccc(Br)cc1F)c1c(Cl)ccc(F)c1Cl. The average Bonchev–Trinajstić information content (AvgIpc) is 2.38.